The van der Waals surface area contributed by atoms with Gasteiger partial charge in [0.25, 0.3) is 0 Å². The van der Waals surface area contributed by atoms with Crippen molar-refractivity contribution in [3.05, 3.63) is 65.7 Å². The van der Waals surface area contributed by atoms with E-state index < -0.39 is 0 Å². The molecule has 1 N–H and O–H groups in total. The van der Waals surface area contributed by atoms with Gasteiger partial charge in [-0.3, -0.25) is 9.80 Å². The smallest absolute Gasteiger partial charge is 0.321 e. The first-order chi connectivity index (χ1) is 14.8. The second-order valence-electron chi connectivity index (χ2n) is 8.08. The summed E-state index contributed by atoms with van der Waals surface area (Å²) in [6, 6.07) is 18.8. The maximum absolute atomic E-state index is 12.6. The van der Waals surface area contributed by atoms with Crippen LogP contribution in [-0.2, 0) is 17.7 Å². The van der Waals surface area contributed by atoms with E-state index in [1.54, 1.807) is 0 Å². The lowest BCUT2D eigenvalue weighted by atomic mass is 10.1. The number of ether oxygens (including phenoxy) is 1. The number of urea groups is 1. The molecule has 2 aliphatic heterocycles. The molecule has 2 aliphatic rings. The van der Waals surface area contributed by atoms with E-state index in [0.29, 0.717) is 0 Å². The van der Waals surface area contributed by atoms with Crippen LogP contribution in [0.2, 0.25) is 0 Å². The Morgan fingerprint density at radius 1 is 0.800 bits per heavy atom. The quantitative estimate of drug-likeness (QED) is 0.799. The van der Waals surface area contributed by atoms with Crippen LogP contribution < -0.4 is 5.32 Å². The molecule has 0 saturated carbocycles. The summed E-state index contributed by atoms with van der Waals surface area (Å²) >= 11 is 0. The highest BCUT2D eigenvalue weighted by molar-refractivity contribution is 5.89. The van der Waals surface area contributed by atoms with Gasteiger partial charge < -0.3 is 15.0 Å². The van der Waals surface area contributed by atoms with Gasteiger partial charge in [0.05, 0.1) is 13.2 Å². The second-order valence-corrected chi connectivity index (χ2v) is 8.08. The molecule has 0 aromatic heterocycles. The van der Waals surface area contributed by atoms with Gasteiger partial charge >= 0.3 is 6.03 Å². The number of nitrogens with zero attached hydrogens (tertiary/aromatic N) is 3. The molecule has 6 heteroatoms. The van der Waals surface area contributed by atoms with E-state index in [0.717, 1.165) is 77.7 Å². The highest BCUT2D eigenvalue weighted by Crippen LogP contribution is 2.14. The van der Waals surface area contributed by atoms with Crippen LogP contribution in [-0.4, -0.2) is 79.8 Å². The fourth-order valence-corrected chi connectivity index (χ4v) is 4.02. The first-order valence-corrected chi connectivity index (χ1v) is 11.0. The summed E-state index contributed by atoms with van der Waals surface area (Å²) in [6.45, 7) is 9.05. The molecule has 2 fully saturated rings. The number of benzene rings is 2. The zero-order valence-corrected chi connectivity index (χ0v) is 17.6. The SMILES string of the molecule is O=C(Nc1ccc(CCN2CCOCC2)cc1)N1CCN(Cc2ccccc2)CC1. The number of hydrogen-bond acceptors (Lipinski definition) is 4. The number of piperazine rings is 1. The van der Waals surface area contributed by atoms with Gasteiger partial charge in [0.2, 0.25) is 0 Å². The first kappa shape index (κ1) is 20.8. The molecule has 4 rings (SSSR count). The molecule has 2 saturated heterocycles. The van der Waals surface area contributed by atoms with E-state index in [4.69, 9.17) is 4.74 Å². The van der Waals surface area contributed by atoms with Gasteiger partial charge in [0.15, 0.2) is 0 Å². The molecule has 2 heterocycles. The molecule has 30 heavy (non-hydrogen) atoms. The monoisotopic (exact) mass is 408 g/mol. The van der Waals surface area contributed by atoms with Gasteiger partial charge in [0.1, 0.15) is 0 Å². The van der Waals surface area contributed by atoms with E-state index in [2.05, 4.69) is 51.5 Å². The fourth-order valence-electron chi connectivity index (χ4n) is 4.02. The minimum Gasteiger partial charge on any atom is -0.379 e. The third-order valence-electron chi connectivity index (χ3n) is 5.93. The third-order valence-corrected chi connectivity index (χ3v) is 5.93. The summed E-state index contributed by atoms with van der Waals surface area (Å²) in [5.74, 6) is 0. The Kier molecular flexibility index (Phi) is 7.34. The molecule has 6 nitrogen and oxygen atoms in total. The second kappa shape index (κ2) is 10.6. The molecule has 0 bridgehead atoms. The number of hydrogen-bond donors (Lipinski definition) is 1. The zero-order chi connectivity index (χ0) is 20.6. The van der Waals surface area contributed by atoms with E-state index >= 15 is 0 Å². The average molecular weight is 409 g/mol. The summed E-state index contributed by atoms with van der Waals surface area (Å²) in [7, 11) is 0. The van der Waals surface area contributed by atoms with Crippen LogP contribution in [0, 0.1) is 0 Å². The Balaban J connectivity index is 1.19. The van der Waals surface area contributed by atoms with Gasteiger partial charge in [-0.05, 0) is 29.7 Å². The molecule has 0 unspecified atom stereocenters. The Labute approximate surface area is 179 Å². The normalized spacial score (nSPS) is 18.3. The number of rotatable bonds is 6. The van der Waals surface area contributed by atoms with Gasteiger partial charge in [-0.2, -0.15) is 0 Å². The van der Waals surface area contributed by atoms with Crippen molar-refractivity contribution in [3.63, 3.8) is 0 Å². The third kappa shape index (κ3) is 6.05. The lowest BCUT2D eigenvalue weighted by molar-refractivity contribution is 0.0384. The van der Waals surface area contributed by atoms with E-state index in [1.165, 1.54) is 11.1 Å². The van der Waals surface area contributed by atoms with Crippen molar-refractivity contribution in [3.8, 4) is 0 Å². The van der Waals surface area contributed by atoms with Crippen molar-refractivity contribution >= 4 is 11.7 Å². The Morgan fingerprint density at radius 3 is 2.20 bits per heavy atom. The molecule has 0 radical (unpaired) electrons. The number of carbonyl (C=O) groups is 1. The van der Waals surface area contributed by atoms with E-state index in [9.17, 15) is 4.79 Å². The molecule has 2 aromatic rings. The zero-order valence-electron chi connectivity index (χ0n) is 17.6. The Bertz CT molecular complexity index is 783. The minimum absolute atomic E-state index is 0.00423. The van der Waals surface area contributed by atoms with Crippen molar-refractivity contribution in [1.29, 1.82) is 0 Å². The Hall–Kier alpha value is -2.41. The van der Waals surface area contributed by atoms with Gasteiger partial charge in [-0.25, -0.2) is 4.79 Å². The molecule has 2 amide bonds. The van der Waals surface area contributed by atoms with Crippen molar-refractivity contribution in [2.24, 2.45) is 0 Å². The first-order valence-electron chi connectivity index (χ1n) is 11.0. The van der Waals surface area contributed by atoms with E-state index in [-0.39, 0.29) is 6.03 Å². The molecule has 2 aromatic carbocycles. The standard InChI is InChI=1S/C24H32N4O2/c29-24(28-14-12-27(13-15-28)20-22-4-2-1-3-5-22)25-23-8-6-21(7-9-23)10-11-26-16-18-30-19-17-26/h1-9H,10-20H2,(H,25,29). The average Bonchev–Trinajstić information content (AvgIpc) is 2.80. The lowest BCUT2D eigenvalue weighted by Gasteiger charge is -2.34. The number of nitrogens with one attached hydrogen (secondary N) is 1. The fraction of sp³-hybridized carbons (Fsp3) is 0.458. The predicted molar refractivity (Wildman–Crippen MR) is 120 cm³/mol. The lowest BCUT2D eigenvalue weighted by Crippen LogP contribution is -2.49. The molecule has 0 aliphatic carbocycles. The maximum atomic E-state index is 12.6. The van der Waals surface area contributed by atoms with Crippen molar-refractivity contribution in [2.45, 2.75) is 13.0 Å². The van der Waals surface area contributed by atoms with Crippen LogP contribution in [0.5, 0.6) is 0 Å². The summed E-state index contributed by atoms with van der Waals surface area (Å²) in [6.07, 6.45) is 1.03. The highest BCUT2D eigenvalue weighted by Gasteiger charge is 2.21. The number of carbonyl (C=O) groups excluding carboxylic acids is 1. The molecular formula is C24H32N4O2. The molecule has 0 atom stereocenters. The number of morpholine rings is 1. The summed E-state index contributed by atoms with van der Waals surface area (Å²) in [4.78, 5) is 19.4. The molecule has 0 spiro atoms. The van der Waals surface area contributed by atoms with Gasteiger partial charge in [-0.15, -0.1) is 0 Å². The summed E-state index contributed by atoms with van der Waals surface area (Å²) < 4.78 is 5.40. The number of anilines is 1. The molecular weight excluding hydrogens is 376 g/mol. The van der Waals surface area contributed by atoms with Crippen LogP contribution in [0.15, 0.2) is 54.6 Å². The van der Waals surface area contributed by atoms with E-state index in [1.807, 2.05) is 23.1 Å². The summed E-state index contributed by atoms with van der Waals surface area (Å²) in [5.41, 5.74) is 3.49. The van der Waals surface area contributed by atoms with Crippen molar-refractivity contribution in [1.82, 2.24) is 14.7 Å². The number of amides is 2. The van der Waals surface area contributed by atoms with Crippen LogP contribution in [0.3, 0.4) is 0 Å². The Morgan fingerprint density at radius 2 is 1.50 bits per heavy atom. The minimum atomic E-state index is -0.00423. The van der Waals surface area contributed by atoms with Crippen LogP contribution >= 0.6 is 0 Å². The predicted octanol–water partition coefficient (Wildman–Crippen LogP) is 2.91. The van der Waals surface area contributed by atoms with Gasteiger partial charge in [0, 0.05) is 58.0 Å². The maximum Gasteiger partial charge on any atom is 0.321 e. The van der Waals surface area contributed by atoms with Crippen LogP contribution in [0.4, 0.5) is 10.5 Å². The van der Waals surface area contributed by atoms with Crippen LogP contribution in [0.25, 0.3) is 0 Å². The summed E-state index contributed by atoms with van der Waals surface area (Å²) in [5, 5.41) is 3.05. The van der Waals surface area contributed by atoms with Crippen molar-refractivity contribution in [2.75, 3.05) is 64.3 Å². The van der Waals surface area contributed by atoms with Crippen molar-refractivity contribution < 1.29 is 9.53 Å². The van der Waals surface area contributed by atoms with Crippen LogP contribution in [0.1, 0.15) is 11.1 Å². The topological polar surface area (TPSA) is 48.1 Å². The van der Waals surface area contributed by atoms with Gasteiger partial charge in [-0.1, -0.05) is 42.5 Å². The largest absolute Gasteiger partial charge is 0.379 e. The highest BCUT2D eigenvalue weighted by atomic mass is 16.5. The molecule has 160 valence electrons.